The van der Waals surface area contributed by atoms with Crippen LogP contribution in [0.1, 0.15) is 24.7 Å². The Morgan fingerprint density at radius 1 is 1.62 bits per heavy atom. The van der Waals surface area contributed by atoms with Gasteiger partial charge < -0.3 is 9.84 Å². The highest BCUT2D eigenvalue weighted by Crippen LogP contribution is 2.32. The molecule has 1 aliphatic heterocycles. The van der Waals surface area contributed by atoms with Crippen molar-refractivity contribution in [1.29, 1.82) is 0 Å². The molecule has 1 saturated heterocycles. The van der Waals surface area contributed by atoms with Crippen molar-refractivity contribution < 1.29 is 9.84 Å². The first-order valence-electron chi connectivity index (χ1n) is 5.91. The third-order valence-corrected chi connectivity index (χ3v) is 3.36. The number of hydrogen-bond donors (Lipinski definition) is 1. The molecule has 0 spiro atoms. The summed E-state index contributed by atoms with van der Waals surface area (Å²) >= 11 is 0. The van der Waals surface area contributed by atoms with Crippen LogP contribution in [0.4, 0.5) is 0 Å². The van der Waals surface area contributed by atoms with Gasteiger partial charge in [0.15, 0.2) is 0 Å². The lowest BCUT2D eigenvalue weighted by atomic mass is 9.83. The van der Waals surface area contributed by atoms with E-state index in [0.29, 0.717) is 6.61 Å². The molecule has 0 radical (unpaired) electrons. The van der Waals surface area contributed by atoms with E-state index in [9.17, 15) is 5.11 Å². The quantitative estimate of drug-likeness (QED) is 0.834. The van der Waals surface area contributed by atoms with Gasteiger partial charge in [0.25, 0.3) is 0 Å². The van der Waals surface area contributed by atoms with Crippen LogP contribution < -0.4 is 0 Å². The molecule has 0 bridgehead atoms. The molecule has 2 heterocycles. The molecule has 16 heavy (non-hydrogen) atoms. The Hall–Kier alpha value is -0.870. The third-order valence-electron chi connectivity index (χ3n) is 3.36. The van der Waals surface area contributed by atoms with Crippen molar-refractivity contribution >= 4 is 0 Å². The predicted octanol–water partition coefficient (Wildman–Crippen LogP) is 1.15. The minimum atomic E-state index is -0.0839. The van der Waals surface area contributed by atoms with Crippen molar-refractivity contribution in [3.05, 3.63) is 17.5 Å². The van der Waals surface area contributed by atoms with E-state index in [0.717, 1.165) is 31.7 Å². The topological polar surface area (TPSA) is 47.3 Å². The maximum atomic E-state index is 9.54. The van der Waals surface area contributed by atoms with E-state index in [1.54, 1.807) is 0 Å². The summed E-state index contributed by atoms with van der Waals surface area (Å²) in [7, 11) is 0. The number of nitrogens with zero attached hydrogens (tertiary/aromatic N) is 2. The fourth-order valence-electron chi connectivity index (χ4n) is 2.37. The molecule has 1 aromatic heterocycles. The van der Waals surface area contributed by atoms with Crippen LogP contribution in [0.3, 0.4) is 0 Å². The highest BCUT2D eigenvalue weighted by Gasteiger charge is 2.35. The summed E-state index contributed by atoms with van der Waals surface area (Å²) in [6, 6.07) is 2.11. The van der Waals surface area contributed by atoms with Gasteiger partial charge in [0.05, 0.1) is 18.9 Å². The number of aliphatic hydroxyl groups excluding tert-OH is 1. The minimum Gasteiger partial charge on any atom is -0.396 e. The molecule has 0 amide bonds. The largest absolute Gasteiger partial charge is 0.396 e. The van der Waals surface area contributed by atoms with Crippen LogP contribution in [0.25, 0.3) is 0 Å². The second-order valence-electron chi connectivity index (χ2n) is 4.73. The van der Waals surface area contributed by atoms with Crippen LogP contribution >= 0.6 is 0 Å². The Morgan fingerprint density at radius 2 is 2.44 bits per heavy atom. The van der Waals surface area contributed by atoms with E-state index in [4.69, 9.17) is 4.74 Å². The average molecular weight is 224 g/mol. The first kappa shape index (κ1) is 11.6. The molecule has 0 aromatic carbocycles. The summed E-state index contributed by atoms with van der Waals surface area (Å²) in [5.74, 6) is 0. The van der Waals surface area contributed by atoms with Gasteiger partial charge in [-0.15, -0.1) is 0 Å². The Balaban J connectivity index is 2.18. The molecule has 0 aliphatic carbocycles. The Morgan fingerprint density at radius 3 is 3.00 bits per heavy atom. The van der Waals surface area contributed by atoms with E-state index in [1.807, 2.05) is 11.6 Å². The third kappa shape index (κ3) is 2.13. The Kier molecular flexibility index (Phi) is 3.30. The van der Waals surface area contributed by atoms with Crippen LogP contribution in [0.5, 0.6) is 0 Å². The van der Waals surface area contributed by atoms with Gasteiger partial charge in [-0.1, -0.05) is 0 Å². The van der Waals surface area contributed by atoms with Crippen molar-refractivity contribution in [2.45, 2.75) is 33.2 Å². The van der Waals surface area contributed by atoms with Crippen molar-refractivity contribution in [3.63, 3.8) is 0 Å². The minimum absolute atomic E-state index is 0.0839. The van der Waals surface area contributed by atoms with Gasteiger partial charge in [-0.2, -0.15) is 5.10 Å². The van der Waals surface area contributed by atoms with Gasteiger partial charge in [0, 0.05) is 24.3 Å². The van der Waals surface area contributed by atoms with E-state index in [2.05, 4.69) is 18.1 Å². The summed E-state index contributed by atoms with van der Waals surface area (Å²) in [6.07, 6.45) is 1.80. The number of ether oxygens (including phenoxy) is 1. The van der Waals surface area contributed by atoms with Crippen molar-refractivity contribution in [3.8, 4) is 0 Å². The first-order chi connectivity index (χ1) is 7.69. The summed E-state index contributed by atoms with van der Waals surface area (Å²) in [4.78, 5) is 0. The summed E-state index contributed by atoms with van der Waals surface area (Å²) in [5, 5.41) is 14.0. The molecule has 1 unspecified atom stereocenters. The first-order valence-corrected chi connectivity index (χ1v) is 5.91. The lowest BCUT2D eigenvalue weighted by molar-refractivity contribution is 0.0919. The normalized spacial score (nSPS) is 25.2. The molecule has 1 atom stereocenters. The van der Waals surface area contributed by atoms with E-state index in [-0.39, 0.29) is 12.0 Å². The number of aliphatic hydroxyl groups is 1. The molecule has 1 N–H and O–H groups in total. The van der Waals surface area contributed by atoms with Gasteiger partial charge in [0.1, 0.15) is 0 Å². The predicted molar refractivity (Wildman–Crippen MR) is 61.3 cm³/mol. The fourth-order valence-corrected chi connectivity index (χ4v) is 2.37. The molecule has 2 rings (SSSR count). The average Bonchev–Trinajstić information content (AvgIpc) is 2.86. The monoisotopic (exact) mass is 224 g/mol. The number of aromatic nitrogens is 2. The van der Waals surface area contributed by atoms with Gasteiger partial charge >= 0.3 is 0 Å². The Bertz CT molecular complexity index is 354. The zero-order chi connectivity index (χ0) is 11.6. The number of aryl methyl sites for hydroxylation is 2. The van der Waals surface area contributed by atoms with Crippen molar-refractivity contribution in [2.75, 3.05) is 19.8 Å². The highest BCUT2D eigenvalue weighted by atomic mass is 16.5. The molecule has 1 aliphatic rings. The SMILES string of the molecule is CCn1nc(C)cc1CC1(CO)CCOC1. The van der Waals surface area contributed by atoms with Crippen LogP contribution in [-0.2, 0) is 17.7 Å². The lowest BCUT2D eigenvalue weighted by Crippen LogP contribution is -2.29. The van der Waals surface area contributed by atoms with Crippen LogP contribution in [0.2, 0.25) is 0 Å². The van der Waals surface area contributed by atoms with Crippen LogP contribution in [-0.4, -0.2) is 34.7 Å². The van der Waals surface area contributed by atoms with Crippen molar-refractivity contribution in [2.24, 2.45) is 5.41 Å². The van der Waals surface area contributed by atoms with E-state index < -0.39 is 0 Å². The van der Waals surface area contributed by atoms with Gasteiger partial charge in [-0.3, -0.25) is 4.68 Å². The smallest absolute Gasteiger partial charge is 0.0596 e. The molecule has 1 fully saturated rings. The molecule has 90 valence electrons. The maximum Gasteiger partial charge on any atom is 0.0596 e. The van der Waals surface area contributed by atoms with E-state index in [1.165, 1.54) is 5.69 Å². The van der Waals surface area contributed by atoms with E-state index >= 15 is 0 Å². The molecule has 1 aromatic rings. The summed E-state index contributed by atoms with van der Waals surface area (Å²) < 4.78 is 7.43. The molecule has 4 heteroatoms. The maximum absolute atomic E-state index is 9.54. The van der Waals surface area contributed by atoms with Gasteiger partial charge in [0.2, 0.25) is 0 Å². The van der Waals surface area contributed by atoms with Gasteiger partial charge in [-0.05, 0) is 32.8 Å². The molecular weight excluding hydrogens is 204 g/mol. The van der Waals surface area contributed by atoms with Crippen LogP contribution in [0, 0.1) is 12.3 Å². The van der Waals surface area contributed by atoms with Gasteiger partial charge in [-0.25, -0.2) is 0 Å². The zero-order valence-electron chi connectivity index (χ0n) is 10.1. The summed E-state index contributed by atoms with van der Waals surface area (Å²) in [6.45, 7) is 6.60. The van der Waals surface area contributed by atoms with Crippen molar-refractivity contribution in [1.82, 2.24) is 9.78 Å². The second-order valence-corrected chi connectivity index (χ2v) is 4.73. The standard InChI is InChI=1S/C12H20N2O2/c1-3-14-11(6-10(2)13-14)7-12(8-15)4-5-16-9-12/h6,15H,3-5,7-9H2,1-2H3. The lowest BCUT2D eigenvalue weighted by Gasteiger charge is -2.24. The fraction of sp³-hybridized carbons (Fsp3) is 0.750. The Labute approximate surface area is 96.2 Å². The highest BCUT2D eigenvalue weighted by molar-refractivity contribution is 5.12. The molecule has 4 nitrogen and oxygen atoms in total. The summed E-state index contributed by atoms with van der Waals surface area (Å²) in [5.41, 5.74) is 2.17. The zero-order valence-corrected chi connectivity index (χ0v) is 10.1. The second kappa shape index (κ2) is 4.55. The molecular formula is C12H20N2O2. The van der Waals surface area contributed by atoms with Crippen LogP contribution in [0.15, 0.2) is 6.07 Å². The molecule has 0 saturated carbocycles. The number of rotatable bonds is 4. The number of hydrogen-bond acceptors (Lipinski definition) is 3.